The summed E-state index contributed by atoms with van der Waals surface area (Å²) in [4.78, 5) is 13.0. The van der Waals surface area contributed by atoms with E-state index in [1.807, 2.05) is 30.0 Å². The zero-order valence-corrected chi connectivity index (χ0v) is 27.9. The Bertz CT molecular complexity index is 2530. The predicted octanol–water partition coefficient (Wildman–Crippen LogP) is 12.0. The summed E-state index contributed by atoms with van der Waals surface area (Å²) < 4.78 is 0. The average Bonchev–Trinajstić information content (AvgIpc) is 3.49. The van der Waals surface area contributed by atoms with Crippen LogP contribution in [0.4, 0.5) is 0 Å². The van der Waals surface area contributed by atoms with Gasteiger partial charge >= 0.3 is 0 Å². The van der Waals surface area contributed by atoms with Crippen molar-refractivity contribution in [3.05, 3.63) is 204 Å². The lowest BCUT2D eigenvalue weighted by atomic mass is 9.67. The van der Waals surface area contributed by atoms with E-state index in [2.05, 4.69) is 164 Å². The van der Waals surface area contributed by atoms with Gasteiger partial charge in [-0.2, -0.15) is 0 Å². The topological polar surface area (TPSA) is 25.8 Å². The smallest absolute Gasteiger partial charge is 0.160 e. The van der Waals surface area contributed by atoms with E-state index in [4.69, 9.17) is 9.97 Å². The molecular weight excluding hydrogens is 625 g/mol. The second-order valence-electron chi connectivity index (χ2n) is 12.9. The van der Waals surface area contributed by atoms with E-state index in [1.165, 1.54) is 48.7 Å². The van der Waals surface area contributed by atoms with E-state index in [-0.39, 0.29) is 0 Å². The Kier molecular flexibility index (Phi) is 6.68. The van der Waals surface area contributed by atoms with Gasteiger partial charge in [-0.3, -0.25) is 0 Å². The van der Waals surface area contributed by atoms with E-state index in [0.29, 0.717) is 5.82 Å². The van der Waals surface area contributed by atoms with Crippen molar-refractivity contribution in [1.29, 1.82) is 0 Å². The Morgan fingerprint density at radius 1 is 0.340 bits per heavy atom. The fraction of sp³-hybridized carbons (Fsp3) is 0.0213. The molecule has 7 aromatic carbocycles. The molecule has 0 N–H and O–H groups in total. The van der Waals surface area contributed by atoms with Crippen LogP contribution in [0.1, 0.15) is 22.3 Å². The van der Waals surface area contributed by atoms with Gasteiger partial charge in [-0.1, -0.05) is 163 Å². The highest BCUT2D eigenvalue weighted by atomic mass is 32.2. The SMILES string of the molecule is c1ccc(-c2cccc(-c3cc(-c4ccc5c(c4)C4(c6ccccc6S5)c5ccccc5-c5ccccc54)nc(-c4ccccc4)n3)c2)cc1. The molecular formula is C47H30N2S. The van der Waals surface area contributed by atoms with Crippen LogP contribution in [0, 0.1) is 0 Å². The minimum Gasteiger partial charge on any atom is -0.228 e. The molecule has 3 heteroatoms. The number of rotatable bonds is 4. The molecule has 2 heterocycles. The van der Waals surface area contributed by atoms with Gasteiger partial charge in [0.15, 0.2) is 5.82 Å². The van der Waals surface area contributed by atoms with Crippen molar-refractivity contribution >= 4 is 11.8 Å². The molecule has 0 bridgehead atoms. The van der Waals surface area contributed by atoms with Gasteiger partial charge in [0.05, 0.1) is 16.8 Å². The number of nitrogens with zero attached hydrogens (tertiary/aromatic N) is 2. The number of hydrogen-bond acceptors (Lipinski definition) is 3. The minimum atomic E-state index is -0.442. The second kappa shape index (κ2) is 11.5. The van der Waals surface area contributed by atoms with Crippen LogP contribution in [0.2, 0.25) is 0 Å². The molecule has 1 aliphatic heterocycles. The fourth-order valence-corrected chi connectivity index (χ4v) is 9.14. The number of benzene rings is 7. The van der Waals surface area contributed by atoms with Crippen LogP contribution in [-0.2, 0) is 5.41 Å². The Hall–Kier alpha value is -6.03. The van der Waals surface area contributed by atoms with Crippen LogP contribution in [-0.4, -0.2) is 9.97 Å². The third kappa shape index (κ3) is 4.44. The molecule has 1 aliphatic carbocycles. The minimum absolute atomic E-state index is 0.442. The van der Waals surface area contributed by atoms with Crippen molar-refractivity contribution in [2.45, 2.75) is 15.2 Å². The summed E-state index contributed by atoms with van der Waals surface area (Å²) in [6.45, 7) is 0. The largest absolute Gasteiger partial charge is 0.228 e. The average molecular weight is 655 g/mol. The third-order valence-electron chi connectivity index (χ3n) is 10.2. The molecule has 0 fully saturated rings. The first-order chi connectivity index (χ1) is 24.8. The molecule has 2 aliphatic rings. The van der Waals surface area contributed by atoms with E-state index >= 15 is 0 Å². The highest BCUT2D eigenvalue weighted by Gasteiger charge is 2.50. The van der Waals surface area contributed by atoms with Crippen molar-refractivity contribution in [2.75, 3.05) is 0 Å². The first-order valence-electron chi connectivity index (χ1n) is 17.0. The number of fused-ring (bicyclic) bond motifs is 9. The molecule has 234 valence electrons. The van der Waals surface area contributed by atoms with Crippen molar-refractivity contribution in [1.82, 2.24) is 9.97 Å². The van der Waals surface area contributed by atoms with Gasteiger partial charge in [0.2, 0.25) is 0 Å². The molecule has 50 heavy (non-hydrogen) atoms. The summed E-state index contributed by atoms with van der Waals surface area (Å²) in [6.07, 6.45) is 0. The molecule has 0 amide bonds. The highest BCUT2D eigenvalue weighted by molar-refractivity contribution is 7.99. The van der Waals surface area contributed by atoms with Crippen LogP contribution in [0.5, 0.6) is 0 Å². The van der Waals surface area contributed by atoms with Crippen LogP contribution < -0.4 is 0 Å². The number of aromatic nitrogens is 2. The van der Waals surface area contributed by atoms with Crippen molar-refractivity contribution in [3.63, 3.8) is 0 Å². The quantitative estimate of drug-likeness (QED) is 0.189. The van der Waals surface area contributed by atoms with Gasteiger partial charge in [0.1, 0.15) is 0 Å². The predicted molar refractivity (Wildman–Crippen MR) is 205 cm³/mol. The van der Waals surface area contributed by atoms with Gasteiger partial charge in [0, 0.05) is 26.5 Å². The van der Waals surface area contributed by atoms with Gasteiger partial charge in [-0.05, 0) is 74.8 Å². The second-order valence-corrected chi connectivity index (χ2v) is 14.0. The van der Waals surface area contributed by atoms with Crippen LogP contribution >= 0.6 is 11.8 Å². The van der Waals surface area contributed by atoms with Crippen molar-refractivity contribution < 1.29 is 0 Å². The molecule has 10 rings (SSSR count). The molecule has 0 saturated heterocycles. The van der Waals surface area contributed by atoms with Gasteiger partial charge in [-0.25, -0.2) is 9.97 Å². The summed E-state index contributed by atoms with van der Waals surface area (Å²) in [7, 11) is 0. The summed E-state index contributed by atoms with van der Waals surface area (Å²) in [5.41, 5.74) is 14.7. The van der Waals surface area contributed by atoms with E-state index < -0.39 is 5.41 Å². The summed E-state index contributed by atoms with van der Waals surface area (Å²) in [6, 6.07) is 65.5. The molecule has 2 nitrogen and oxygen atoms in total. The summed E-state index contributed by atoms with van der Waals surface area (Å²) in [5, 5.41) is 0. The van der Waals surface area contributed by atoms with Gasteiger partial charge in [-0.15, -0.1) is 0 Å². The first-order valence-corrected chi connectivity index (χ1v) is 17.8. The van der Waals surface area contributed by atoms with E-state index in [1.54, 1.807) is 0 Å². The Labute approximate surface area is 296 Å². The Balaban J connectivity index is 1.21. The summed E-state index contributed by atoms with van der Waals surface area (Å²) in [5.74, 6) is 0.715. The first kappa shape index (κ1) is 28.9. The van der Waals surface area contributed by atoms with Crippen molar-refractivity contribution in [2.24, 2.45) is 0 Å². The summed E-state index contributed by atoms with van der Waals surface area (Å²) >= 11 is 1.86. The monoisotopic (exact) mass is 654 g/mol. The highest BCUT2D eigenvalue weighted by Crippen LogP contribution is 2.62. The normalized spacial score (nSPS) is 13.3. The van der Waals surface area contributed by atoms with Gasteiger partial charge in [0.25, 0.3) is 0 Å². The maximum atomic E-state index is 5.26. The Morgan fingerprint density at radius 3 is 1.56 bits per heavy atom. The fourth-order valence-electron chi connectivity index (χ4n) is 7.96. The molecule has 0 atom stereocenters. The molecule has 1 spiro atoms. The number of hydrogen-bond donors (Lipinski definition) is 0. The molecule has 0 unspecified atom stereocenters. The van der Waals surface area contributed by atoms with Crippen LogP contribution in [0.15, 0.2) is 192 Å². The Morgan fingerprint density at radius 2 is 0.860 bits per heavy atom. The lowest BCUT2D eigenvalue weighted by molar-refractivity contribution is 0.722. The van der Waals surface area contributed by atoms with Gasteiger partial charge < -0.3 is 0 Å². The standard InChI is InChI=1S/C47H30N2S/c1-3-14-31(15-4-1)33-18-13-19-34(28-33)42-30-43(49-46(48-42)32-16-5-2-6-17-32)35-26-27-45-41(29-35)47(40-24-11-12-25-44(40)50-45)38-22-9-7-20-36(38)37-21-8-10-23-39(37)47/h1-30H. The molecule has 0 saturated carbocycles. The van der Waals surface area contributed by atoms with Crippen molar-refractivity contribution in [3.8, 4) is 56.2 Å². The van der Waals surface area contributed by atoms with E-state index in [9.17, 15) is 0 Å². The zero-order valence-electron chi connectivity index (χ0n) is 27.1. The van der Waals surface area contributed by atoms with Crippen LogP contribution in [0.25, 0.3) is 56.2 Å². The molecule has 1 aromatic heterocycles. The van der Waals surface area contributed by atoms with Crippen LogP contribution in [0.3, 0.4) is 0 Å². The lowest BCUT2D eigenvalue weighted by Gasteiger charge is -2.39. The lowest BCUT2D eigenvalue weighted by Crippen LogP contribution is -2.32. The maximum absolute atomic E-state index is 5.26. The zero-order chi connectivity index (χ0) is 33.1. The van der Waals surface area contributed by atoms with E-state index in [0.717, 1.165) is 33.6 Å². The third-order valence-corrected chi connectivity index (χ3v) is 11.3. The molecule has 8 aromatic rings. The molecule has 0 radical (unpaired) electrons. The maximum Gasteiger partial charge on any atom is 0.160 e.